The van der Waals surface area contributed by atoms with E-state index in [1.807, 2.05) is 0 Å². The van der Waals surface area contributed by atoms with Gasteiger partial charge in [-0.05, 0) is 6.92 Å². The van der Waals surface area contributed by atoms with Crippen molar-refractivity contribution < 1.29 is 28.7 Å². The van der Waals surface area contributed by atoms with Gasteiger partial charge in [0.25, 0.3) is 0 Å². The fourth-order valence-electron chi connectivity index (χ4n) is 0.433. The summed E-state index contributed by atoms with van der Waals surface area (Å²) in [5.41, 5.74) is 0. The minimum absolute atomic E-state index is 0.0446. The number of nitriles is 1. The minimum atomic E-state index is -4.03. The highest BCUT2D eigenvalue weighted by Crippen LogP contribution is 2.42. The highest BCUT2D eigenvalue weighted by Gasteiger charge is 2.21. The molecule has 0 saturated heterocycles. The maximum absolute atomic E-state index is 10.8. The van der Waals surface area contributed by atoms with E-state index in [0.717, 1.165) is 0 Å². The molecule has 2 atom stereocenters. The Morgan fingerprint density at radius 2 is 2.00 bits per heavy atom. The third kappa shape index (κ3) is 9.61. The molecule has 3 N–H and O–H groups in total. The molecule has 84 valence electrons. The maximum atomic E-state index is 10.8. The van der Waals surface area contributed by atoms with Crippen molar-refractivity contribution in [2.45, 2.75) is 13.0 Å². The van der Waals surface area contributed by atoms with Gasteiger partial charge in [-0.2, -0.15) is 0 Å². The normalized spacial score (nSPS) is 16.1. The topological polar surface area (TPSA) is 120 Å². The molecule has 0 aliphatic heterocycles. The fourth-order valence-corrected chi connectivity index (χ4v) is 1.19. The van der Waals surface area contributed by atoms with Gasteiger partial charge >= 0.3 is 7.82 Å². The van der Waals surface area contributed by atoms with Gasteiger partial charge in [0.2, 0.25) is 0 Å². The number of aliphatic hydroxyl groups is 2. The molecule has 8 heteroatoms. The number of rotatable bonds is 6. The summed E-state index contributed by atoms with van der Waals surface area (Å²) in [6.07, 6.45) is -1.16. The van der Waals surface area contributed by atoms with Gasteiger partial charge in [-0.25, -0.2) is 9.83 Å². The van der Waals surface area contributed by atoms with Crippen LogP contribution in [-0.2, 0) is 13.6 Å². The molecule has 2 unspecified atom stereocenters. The Kier molecular flexibility index (Phi) is 10.4. The van der Waals surface area contributed by atoms with Crippen LogP contribution in [0.4, 0.5) is 0 Å². The zero-order chi connectivity index (χ0) is 11.6. The van der Waals surface area contributed by atoms with Gasteiger partial charge in [-0.1, -0.05) is 0 Å². The van der Waals surface area contributed by atoms with Crippen LogP contribution in [0.2, 0.25) is 0 Å². The van der Waals surface area contributed by atoms with Crippen molar-refractivity contribution in [2.75, 3.05) is 19.8 Å². The smallest absolute Gasteiger partial charge is 0.394 e. The first-order valence-corrected chi connectivity index (χ1v) is 5.18. The monoisotopic (exact) mass is 227 g/mol. The van der Waals surface area contributed by atoms with Crippen LogP contribution in [0.5, 0.6) is 0 Å². The molecule has 0 amide bonds. The largest absolute Gasteiger partial charge is 0.472 e. The molecule has 0 saturated carbocycles. The molecular weight excluding hydrogens is 213 g/mol. The Morgan fingerprint density at radius 1 is 1.50 bits per heavy atom. The van der Waals surface area contributed by atoms with Crippen LogP contribution >= 0.6 is 7.82 Å². The lowest BCUT2D eigenvalue weighted by Crippen LogP contribution is -2.18. The van der Waals surface area contributed by atoms with E-state index in [4.69, 9.17) is 20.4 Å². The van der Waals surface area contributed by atoms with Crippen molar-refractivity contribution in [3.63, 3.8) is 0 Å². The van der Waals surface area contributed by atoms with Crippen molar-refractivity contribution in [1.29, 1.82) is 5.26 Å². The predicted molar refractivity (Wildman–Crippen MR) is 47.2 cm³/mol. The Labute approximate surface area is 82.1 Å². The van der Waals surface area contributed by atoms with Crippen LogP contribution in [0.3, 0.4) is 0 Å². The number of hydrogen-bond donors (Lipinski definition) is 3. The summed E-state index contributed by atoms with van der Waals surface area (Å²) in [5.74, 6) is 0. The zero-order valence-electron chi connectivity index (χ0n) is 7.74. The molecule has 0 aliphatic carbocycles. The summed E-state index contributed by atoms with van der Waals surface area (Å²) in [7, 11) is -4.03. The summed E-state index contributed by atoms with van der Waals surface area (Å²) in [5, 5.41) is 23.5. The van der Waals surface area contributed by atoms with Crippen LogP contribution in [-0.4, -0.2) is 41.0 Å². The lowest BCUT2D eigenvalue weighted by atomic mass is 10.4. The molecule has 0 aromatic rings. The number of phosphoric ester groups is 1. The van der Waals surface area contributed by atoms with Crippen molar-refractivity contribution in [1.82, 2.24) is 0 Å². The maximum Gasteiger partial charge on any atom is 0.472 e. The van der Waals surface area contributed by atoms with Gasteiger partial charge < -0.3 is 15.1 Å². The minimum Gasteiger partial charge on any atom is -0.394 e. The molecule has 0 spiro atoms. The van der Waals surface area contributed by atoms with E-state index in [-0.39, 0.29) is 6.61 Å². The molecule has 0 radical (unpaired) electrons. The lowest BCUT2D eigenvalue weighted by Gasteiger charge is -2.12. The molecular formula is C6H14NO6P. The number of hydrogen-bond acceptors (Lipinski definition) is 6. The first-order valence-electron chi connectivity index (χ1n) is 3.68. The Hall–Kier alpha value is -0.480. The van der Waals surface area contributed by atoms with E-state index in [1.54, 1.807) is 0 Å². The molecule has 0 aliphatic rings. The molecule has 14 heavy (non-hydrogen) atoms. The van der Waals surface area contributed by atoms with Crippen molar-refractivity contribution >= 4 is 7.82 Å². The Morgan fingerprint density at radius 3 is 2.36 bits per heavy atom. The standard InChI is InChI=1S/C5H13O6P.CHN/c1-2-10-12(8,9)11-4-5(7)3-6;1-2/h5-7H,2-4H2,1H3,(H,8,9);1H. The fraction of sp³-hybridized carbons (Fsp3) is 0.833. The van der Waals surface area contributed by atoms with Crippen LogP contribution in [0, 0.1) is 11.8 Å². The van der Waals surface area contributed by atoms with E-state index in [1.165, 1.54) is 6.92 Å². The summed E-state index contributed by atoms with van der Waals surface area (Å²) in [6.45, 7) is 4.13. The first kappa shape index (κ1) is 16.0. The van der Waals surface area contributed by atoms with Gasteiger partial charge in [0.1, 0.15) is 6.10 Å². The predicted octanol–water partition coefficient (Wildman–Crippen LogP) is -0.367. The SMILES string of the molecule is C#N.CCOP(=O)(O)OCC(O)CO. The van der Waals surface area contributed by atoms with E-state index in [9.17, 15) is 4.57 Å². The van der Waals surface area contributed by atoms with Gasteiger partial charge in [-0.3, -0.25) is 9.05 Å². The lowest BCUT2D eigenvalue weighted by molar-refractivity contribution is 0.0370. The molecule has 0 fully saturated rings. The van der Waals surface area contributed by atoms with Gasteiger partial charge in [0.15, 0.2) is 0 Å². The first-order chi connectivity index (χ1) is 6.52. The third-order valence-electron chi connectivity index (χ3n) is 0.933. The third-order valence-corrected chi connectivity index (χ3v) is 1.99. The van der Waals surface area contributed by atoms with Gasteiger partial charge in [0, 0.05) is 6.57 Å². The van der Waals surface area contributed by atoms with Crippen LogP contribution in [0.15, 0.2) is 0 Å². The van der Waals surface area contributed by atoms with Crippen molar-refractivity contribution in [2.24, 2.45) is 0 Å². The van der Waals surface area contributed by atoms with Crippen LogP contribution < -0.4 is 0 Å². The molecule has 0 heterocycles. The highest BCUT2D eigenvalue weighted by molar-refractivity contribution is 7.47. The van der Waals surface area contributed by atoms with Crippen molar-refractivity contribution in [3.8, 4) is 6.57 Å². The summed E-state index contributed by atoms with van der Waals surface area (Å²) in [4.78, 5) is 8.78. The van der Waals surface area contributed by atoms with Crippen LogP contribution in [0.1, 0.15) is 6.92 Å². The molecule has 0 aromatic heterocycles. The molecule has 0 rings (SSSR count). The zero-order valence-corrected chi connectivity index (χ0v) is 8.63. The van der Waals surface area contributed by atoms with Gasteiger partial charge in [-0.15, -0.1) is 0 Å². The summed E-state index contributed by atoms with van der Waals surface area (Å²) < 4.78 is 19.4. The summed E-state index contributed by atoms with van der Waals surface area (Å²) in [6, 6.07) is 0. The number of aliphatic hydroxyl groups excluding tert-OH is 2. The Bertz CT molecular complexity index is 196. The number of nitrogens with zero attached hydrogens (tertiary/aromatic N) is 1. The average molecular weight is 227 g/mol. The summed E-state index contributed by atoms with van der Waals surface area (Å²) >= 11 is 0. The molecule has 0 aromatic carbocycles. The van der Waals surface area contributed by atoms with Crippen LogP contribution in [0.25, 0.3) is 0 Å². The average Bonchev–Trinajstić information content (AvgIpc) is 2.17. The molecule has 7 nitrogen and oxygen atoms in total. The highest BCUT2D eigenvalue weighted by atomic mass is 31.2. The second-order valence-electron chi connectivity index (χ2n) is 2.02. The van der Waals surface area contributed by atoms with Gasteiger partial charge in [0.05, 0.1) is 19.8 Å². The second-order valence-corrected chi connectivity index (χ2v) is 3.47. The van der Waals surface area contributed by atoms with E-state index >= 15 is 0 Å². The molecule has 0 bridgehead atoms. The van der Waals surface area contributed by atoms with E-state index in [0.29, 0.717) is 0 Å². The Balaban J connectivity index is 0. The quantitative estimate of drug-likeness (QED) is 0.529. The number of phosphoric acid groups is 1. The van der Waals surface area contributed by atoms with E-state index < -0.39 is 27.1 Å². The second kappa shape index (κ2) is 9.09. The van der Waals surface area contributed by atoms with Crippen molar-refractivity contribution in [3.05, 3.63) is 0 Å². The van der Waals surface area contributed by atoms with E-state index in [2.05, 4.69) is 15.6 Å².